The van der Waals surface area contributed by atoms with Gasteiger partial charge in [0.2, 0.25) is 15.9 Å². The topological polar surface area (TPSA) is 99.9 Å². The monoisotopic (exact) mass is 343 g/mol. The van der Waals surface area contributed by atoms with Crippen molar-refractivity contribution < 1.29 is 22.4 Å². The molecule has 1 fully saturated rings. The lowest BCUT2D eigenvalue weighted by atomic mass is 10.2. The molecule has 0 aromatic carbocycles. The number of carbonyl (C=O) groups is 2. The number of nitrogens with one attached hydrogen (secondary N) is 1. The van der Waals surface area contributed by atoms with Crippen LogP contribution in [0.25, 0.3) is 0 Å². The minimum Gasteiger partial charge on any atom is -0.459 e. The van der Waals surface area contributed by atoms with Crippen molar-refractivity contribution in [2.45, 2.75) is 19.4 Å². The van der Waals surface area contributed by atoms with Crippen molar-refractivity contribution >= 4 is 21.8 Å². The molecule has 2 heterocycles. The molecule has 1 saturated heterocycles. The van der Waals surface area contributed by atoms with Gasteiger partial charge < -0.3 is 14.6 Å². The fourth-order valence-electron chi connectivity index (χ4n) is 2.46. The highest BCUT2D eigenvalue weighted by atomic mass is 32.2. The third kappa shape index (κ3) is 4.55. The van der Waals surface area contributed by atoms with E-state index in [0.29, 0.717) is 26.1 Å². The number of hydrogen-bond donors (Lipinski definition) is 1. The Bertz CT molecular complexity index is 656. The van der Waals surface area contributed by atoms with Gasteiger partial charge in [0.1, 0.15) is 6.04 Å². The summed E-state index contributed by atoms with van der Waals surface area (Å²) < 4.78 is 29.5. The van der Waals surface area contributed by atoms with Gasteiger partial charge in [-0.25, -0.2) is 12.7 Å². The first-order valence-electron chi connectivity index (χ1n) is 7.37. The average Bonchev–Trinajstić information content (AvgIpc) is 2.89. The molecule has 1 aromatic heterocycles. The minimum atomic E-state index is -3.25. The molecule has 1 aromatic rings. The summed E-state index contributed by atoms with van der Waals surface area (Å²) in [7, 11) is -3.25. The van der Waals surface area contributed by atoms with Gasteiger partial charge in [-0.1, -0.05) is 0 Å². The lowest BCUT2D eigenvalue weighted by molar-refractivity contribution is -0.132. The molecule has 1 aliphatic rings. The molecule has 2 amide bonds. The smallest absolute Gasteiger partial charge is 0.287 e. The van der Waals surface area contributed by atoms with Crippen molar-refractivity contribution in [3.05, 3.63) is 24.2 Å². The lowest BCUT2D eigenvalue weighted by Crippen LogP contribution is -2.48. The third-order valence-electron chi connectivity index (χ3n) is 3.70. The molecule has 0 saturated carbocycles. The molecular weight excluding hydrogens is 322 g/mol. The van der Waals surface area contributed by atoms with Crippen LogP contribution in [-0.2, 0) is 14.8 Å². The SMILES string of the molecule is C[C@@H](NC(=O)c1ccco1)C(=O)N1CCCN(S(C)(=O)=O)CC1. The predicted molar refractivity (Wildman–Crippen MR) is 83.3 cm³/mol. The summed E-state index contributed by atoms with van der Waals surface area (Å²) in [5, 5.41) is 2.59. The third-order valence-corrected chi connectivity index (χ3v) is 5.00. The van der Waals surface area contributed by atoms with Crippen molar-refractivity contribution in [1.29, 1.82) is 0 Å². The number of amides is 2. The summed E-state index contributed by atoms with van der Waals surface area (Å²) in [5.41, 5.74) is 0. The summed E-state index contributed by atoms with van der Waals surface area (Å²) in [6.45, 7) is 3.04. The number of sulfonamides is 1. The van der Waals surface area contributed by atoms with Crippen LogP contribution in [0.3, 0.4) is 0 Å². The van der Waals surface area contributed by atoms with Gasteiger partial charge in [-0.3, -0.25) is 9.59 Å². The maximum Gasteiger partial charge on any atom is 0.287 e. The van der Waals surface area contributed by atoms with Gasteiger partial charge in [-0.05, 0) is 25.5 Å². The quantitative estimate of drug-likeness (QED) is 0.822. The standard InChI is InChI=1S/C14H21N3O5S/c1-11(15-13(18)12-5-3-10-22-12)14(19)16-6-4-7-17(9-8-16)23(2,20)21/h3,5,10-11H,4,6-9H2,1-2H3,(H,15,18)/t11-/m1/s1. The van der Waals surface area contributed by atoms with E-state index in [1.807, 2.05) is 0 Å². The van der Waals surface area contributed by atoms with Gasteiger partial charge in [0.05, 0.1) is 12.5 Å². The summed E-state index contributed by atoms with van der Waals surface area (Å²) >= 11 is 0. The first kappa shape index (κ1) is 17.5. The molecule has 0 radical (unpaired) electrons. The summed E-state index contributed by atoms with van der Waals surface area (Å²) in [6.07, 6.45) is 3.12. The highest BCUT2D eigenvalue weighted by Gasteiger charge is 2.27. The fraction of sp³-hybridized carbons (Fsp3) is 0.571. The number of furan rings is 1. The van der Waals surface area contributed by atoms with Crippen molar-refractivity contribution in [3.8, 4) is 0 Å². The Kier molecular flexibility index (Phi) is 5.42. The molecule has 0 bridgehead atoms. The van der Waals surface area contributed by atoms with Crippen LogP contribution >= 0.6 is 0 Å². The van der Waals surface area contributed by atoms with Gasteiger partial charge in [0.15, 0.2) is 5.76 Å². The second-order valence-electron chi connectivity index (χ2n) is 5.51. The molecule has 0 unspecified atom stereocenters. The van der Waals surface area contributed by atoms with E-state index in [4.69, 9.17) is 4.42 Å². The Labute approximate surface area is 135 Å². The van der Waals surface area contributed by atoms with Gasteiger partial charge in [0, 0.05) is 26.2 Å². The van der Waals surface area contributed by atoms with Crippen LogP contribution < -0.4 is 5.32 Å². The molecule has 1 aliphatic heterocycles. The van der Waals surface area contributed by atoms with Crippen molar-refractivity contribution in [2.24, 2.45) is 0 Å². The maximum atomic E-state index is 12.4. The zero-order valence-corrected chi connectivity index (χ0v) is 14.0. The molecule has 128 valence electrons. The van der Waals surface area contributed by atoms with Crippen molar-refractivity contribution in [3.63, 3.8) is 0 Å². The molecule has 8 nitrogen and oxygen atoms in total. The van der Waals surface area contributed by atoms with Crippen LogP contribution in [0, 0.1) is 0 Å². The van der Waals surface area contributed by atoms with Gasteiger partial charge in [-0.2, -0.15) is 0 Å². The van der Waals surface area contributed by atoms with E-state index in [0.717, 1.165) is 6.26 Å². The second kappa shape index (κ2) is 7.14. The normalized spacial score (nSPS) is 18.3. The van der Waals surface area contributed by atoms with E-state index in [9.17, 15) is 18.0 Å². The van der Waals surface area contributed by atoms with E-state index in [-0.39, 0.29) is 18.2 Å². The Morgan fingerprint density at radius 3 is 2.61 bits per heavy atom. The van der Waals surface area contributed by atoms with Crippen molar-refractivity contribution in [1.82, 2.24) is 14.5 Å². The molecule has 1 N–H and O–H groups in total. The Morgan fingerprint density at radius 1 is 1.26 bits per heavy atom. The second-order valence-corrected chi connectivity index (χ2v) is 7.50. The first-order valence-corrected chi connectivity index (χ1v) is 9.22. The van der Waals surface area contributed by atoms with Crippen LogP contribution in [0.5, 0.6) is 0 Å². The van der Waals surface area contributed by atoms with Gasteiger partial charge >= 0.3 is 0 Å². The molecular formula is C14H21N3O5S. The minimum absolute atomic E-state index is 0.142. The fourth-order valence-corrected chi connectivity index (χ4v) is 3.33. The molecule has 23 heavy (non-hydrogen) atoms. The molecule has 2 rings (SSSR count). The van der Waals surface area contributed by atoms with E-state index < -0.39 is 22.0 Å². The maximum absolute atomic E-state index is 12.4. The predicted octanol–water partition coefficient (Wildman–Crippen LogP) is -0.108. The highest BCUT2D eigenvalue weighted by Crippen LogP contribution is 2.09. The average molecular weight is 343 g/mol. The van der Waals surface area contributed by atoms with Crippen LogP contribution in [-0.4, -0.2) is 67.9 Å². The van der Waals surface area contributed by atoms with E-state index in [2.05, 4.69) is 5.32 Å². The Morgan fingerprint density at radius 2 is 2.00 bits per heavy atom. The van der Waals surface area contributed by atoms with Crippen LogP contribution in [0.2, 0.25) is 0 Å². The van der Waals surface area contributed by atoms with E-state index in [1.165, 1.54) is 16.6 Å². The van der Waals surface area contributed by atoms with E-state index >= 15 is 0 Å². The molecule has 1 atom stereocenters. The number of nitrogens with zero attached hydrogens (tertiary/aromatic N) is 2. The zero-order chi connectivity index (χ0) is 17.0. The van der Waals surface area contributed by atoms with Gasteiger partial charge in [-0.15, -0.1) is 0 Å². The van der Waals surface area contributed by atoms with Gasteiger partial charge in [0.25, 0.3) is 5.91 Å². The molecule has 0 spiro atoms. The highest BCUT2D eigenvalue weighted by molar-refractivity contribution is 7.88. The summed E-state index contributed by atoms with van der Waals surface area (Å²) in [6, 6.07) is 2.40. The Hall–Kier alpha value is -1.87. The lowest BCUT2D eigenvalue weighted by Gasteiger charge is -2.24. The first-order chi connectivity index (χ1) is 10.8. The number of rotatable bonds is 4. The summed E-state index contributed by atoms with van der Waals surface area (Å²) in [4.78, 5) is 25.9. The zero-order valence-electron chi connectivity index (χ0n) is 13.2. The number of carbonyl (C=O) groups excluding carboxylic acids is 2. The van der Waals surface area contributed by atoms with Crippen LogP contribution in [0.4, 0.5) is 0 Å². The number of hydrogen-bond acceptors (Lipinski definition) is 5. The van der Waals surface area contributed by atoms with E-state index in [1.54, 1.807) is 17.9 Å². The van der Waals surface area contributed by atoms with Crippen LogP contribution in [0.15, 0.2) is 22.8 Å². The Balaban J connectivity index is 1.93. The largest absolute Gasteiger partial charge is 0.459 e. The molecule has 0 aliphatic carbocycles. The molecule has 9 heteroatoms. The van der Waals surface area contributed by atoms with Crippen molar-refractivity contribution in [2.75, 3.05) is 32.4 Å². The summed E-state index contributed by atoms with van der Waals surface area (Å²) in [5.74, 6) is -0.549. The van der Waals surface area contributed by atoms with Crippen LogP contribution in [0.1, 0.15) is 23.9 Å².